The average molecular weight is 407 g/mol. The second-order valence-corrected chi connectivity index (χ2v) is 8.12. The van der Waals surface area contributed by atoms with E-state index >= 15 is 0 Å². The van der Waals surface area contributed by atoms with Crippen LogP contribution >= 0.6 is 11.3 Å². The molecule has 29 heavy (non-hydrogen) atoms. The van der Waals surface area contributed by atoms with Gasteiger partial charge in [-0.3, -0.25) is 9.59 Å². The number of aryl methyl sites for hydroxylation is 2. The number of anilines is 2. The molecule has 4 rings (SSSR count). The molecule has 0 atom stereocenters. The van der Waals surface area contributed by atoms with E-state index in [0.717, 1.165) is 23.5 Å². The van der Waals surface area contributed by atoms with Gasteiger partial charge in [-0.1, -0.05) is 0 Å². The molecule has 0 aliphatic heterocycles. The molecule has 0 fully saturated rings. The fraction of sp³-hybridized carbons (Fsp3) is 0.217. The van der Waals surface area contributed by atoms with Crippen molar-refractivity contribution in [3.05, 3.63) is 75.5 Å². The van der Waals surface area contributed by atoms with Crippen LogP contribution in [0.1, 0.15) is 43.3 Å². The summed E-state index contributed by atoms with van der Waals surface area (Å²) in [5.41, 5.74) is 3.19. The normalized spacial score (nSPS) is 12.7. The molecule has 0 spiro atoms. The lowest BCUT2D eigenvalue weighted by Gasteiger charge is -2.08. The predicted octanol–water partition coefficient (Wildman–Crippen LogP) is 5.14. The van der Waals surface area contributed by atoms with E-state index in [9.17, 15) is 9.59 Å². The average Bonchev–Trinajstić information content (AvgIpc) is 3.19. The van der Waals surface area contributed by atoms with Crippen LogP contribution in [0.15, 0.2) is 54.6 Å². The van der Waals surface area contributed by atoms with E-state index in [-0.39, 0.29) is 11.8 Å². The Kier molecular flexibility index (Phi) is 5.62. The Hall–Kier alpha value is -3.12. The molecule has 1 aromatic heterocycles. The fourth-order valence-electron chi connectivity index (χ4n) is 3.38. The van der Waals surface area contributed by atoms with Crippen molar-refractivity contribution in [1.82, 2.24) is 0 Å². The van der Waals surface area contributed by atoms with Crippen molar-refractivity contribution >= 4 is 34.5 Å². The third-order valence-corrected chi connectivity index (χ3v) is 6.21. The van der Waals surface area contributed by atoms with E-state index in [4.69, 9.17) is 4.74 Å². The number of benzene rings is 2. The number of carbonyl (C=O) groups is 2. The highest BCUT2D eigenvalue weighted by Gasteiger charge is 2.17. The van der Waals surface area contributed by atoms with Crippen LogP contribution in [-0.2, 0) is 12.8 Å². The van der Waals surface area contributed by atoms with Gasteiger partial charge in [-0.2, -0.15) is 0 Å². The molecule has 1 heterocycles. The lowest BCUT2D eigenvalue weighted by atomic mass is 9.99. The number of amides is 2. The zero-order valence-corrected chi connectivity index (χ0v) is 17.0. The van der Waals surface area contributed by atoms with Gasteiger partial charge in [-0.25, -0.2) is 0 Å². The molecule has 0 saturated carbocycles. The van der Waals surface area contributed by atoms with Crippen LogP contribution in [-0.4, -0.2) is 18.9 Å². The molecule has 2 aromatic carbocycles. The number of ether oxygens (including phenoxy) is 1. The molecular weight excluding hydrogens is 384 g/mol. The predicted molar refractivity (Wildman–Crippen MR) is 116 cm³/mol. The van der Waals surface area contributed by atoms with Gasteiger partial charge in [0, 0.05) is 21.8 Å². The molecule has 0 saturated heterocycles. The van der Waals surface area contributed by atoms with Crippen LogP contribution in [0.3, 0.4) is 0 Å². The van der Waals surface area contributed by atoms with Crippen molar-refractivity contribution in [3.8, 4) is 5.75 Å². The summed E-state index contributed by atoms with van der Waals surface area (Å²) in [6, 6.07) is 16.1. The lowest BCUT2D eigenvalue weighted by molar-refractivity contribution is 0.102. The van der Waals surface area contributed by atoms with Crippen LogP contribution in [0.25, 0.3) is 0 Å². The molecule has 6 heteroatoms. The first-order valence-corrected chi connectivity index (χ1v) is 10.4. The number of nitrogens with one attached hydrogen (secondary N) is 2. The third kappa shape index (κ3) is 4.49. The smallest absolute Gasteiger partial charge is 0.265 e. The molecule has 2 N–H and O–H groups in total. The van der Waals surface area contributed by atoms with Crippen LogP contribution in [0.4, 0.5) is 11.4 Å². The first-order chi connectivity index (χ1) is 14.1. The maximum absolute atomic E-state index is 12.6. The van der Waals surface area contributed by atoms with Gasteiger partial charge < -0.3 is 15.4 Å². The summed E-state index contributed by atoms with van der Waals surface area (Å²) in [7, 11) is 1.60. The maximum atomic E-state index is 12.6. The van der Waals surface area contributed by atoms with E-state index in [0.29, 0.717) is 16.9 Å². The van der Waals surface area contributed by atoms with Crippen LogP contribution < -0.4 is 15.4 Å². The number of methoxy groups -OCH3 is 1. The van der Waals surface area contributed by atoms with E-state index < -0.39 is 0 Å². The summed E-state index contributed by atoms with van der Waals surface area (Å²) in [5.74, 6) is 0.425. The van der Waals surface area contributed by atoms with Gasteiger partial charge in [0.1, 0.15) is 5.75 Å². The summed E-state index contributed by atoms with van der Waals surface area (Å²) in [4.78, 5) is 27.0. The summed E-state index contributed by atoms with van der Waals surface area (Å²) < 4.78 is 5.11. The molecule has 1 aliphatic carbocycles. The van der Waals surface area contributed by atoms with Crippen molar-refractivity contribution in [2.24, 2.45) is 0 Å². The maximum Gasteiger partial charge on any atom is 0.265 e. The minimum atomic E-state index is -0.209. The van der Waals surface area contributed by atoms with Gasteiger partial charge in [0.05, 0.1) is 12.0 Å². The van der Waals surface area contributed by atoms with Gasteiger partial charge in [-0.15, -0.1) is 11.3 Å². The zero-order valence-electron chi connectivity index (χ0n) is 16.2. The highest BCUT2D eigenvalue weighted by Crippen LogP contribution is 2.30. The van der Waals surface area contributed by atoms with Crippen molar-refractivity contribution in [1.29, 1.82) is 0 Å². The Balaban J connectivity index is 1.38. The van der Waals surface area contributed by atoms with E-state index in [1.54, 1.807) is 67.0 Å². The van der Waals surface area contributed by atoms with Crippen molar-refractivity contribution < 1.29 is 14.3 Å². The third-order valence-electron chi connectivity index (χ3n) is 4.97. The quantitative estimate of drug-likeness (QED) is 0.616. The minimum absolute atomic E-state index is 0.0974. The number of carbonyl (C=O) groups excluding carboxylic acids is 2. The van der Waals surface area contributed by atoms with Gasteiger partial charge >= 0.3 is 0 Å². The molecule has 148 valence electrons. The van der Waals surface area contributed by atoms with Gasteiger partial charge in [0.15, 0.2) is 0 Å². The Labute approximate surface area is 173 Å². The summed E-state index contributed by atoms with van der Waals surface area (Å²) in [5, 5.41) is 5.76. The second kappa shape index (κ2) is 8.49. The lowest BCUT2D eigenvalue weighted by Crippen LogP contribution is -2.13. The van der Waals surface area contributed by atoms with Crippen molar-refractivity contribution in [2.75, 3.05) is 17.7 Å². The van der Waals surface area contributed by atoms with Crippen LogP contribution in [0, 0.1) is 0 Å². The van der Waals surface area contributed by atoms with Gasteiger partial charge in [-0.05, 0) is 85.8 Å². The number of thiophene rings is 1. The number of hydrogen-bond donors (Lipinski definition) is 2. The molecule has 1 aliphatic rings. The molecule has 0 unspecified atom stereocenters. The molecule has 0 radical (unpaired) electrons. The molecule has 5 nitrogen and oxygen atoms in total. The Morgan fingerprint density at radius 2 is 1.48 bits per heavy atom. The standard InChI is InChI=1S/C23H22N2O3S/c1-28-19-12-10-18(11-13-19)24-22(26)15-6-8-17(9-7-15)25-23(27)21-14-16-4-2-3-5-20(16)29-21/h6-14H,2-5H2,1H3,(H,24,26)(H,25,27). The molecule has 2 amide bonds. The molecule has 0 bridgehead atoms. The fourth-order valence-corrected chi connectivity index (χ4v) is 4.53. The Morgan fingerprint density at radius 1 is 0.862 bits per heavy atom. The summed E-state index contributed by atoms with van der Waals surface area (Å²) in [6.07, 6.45) is 4.54. The van der Waals surface area contributed by atoms with Crippen molar-refractivity contribution in [2.45, 2.75) is 25.7 Å². The highest BCUT2D eigenvalue weighted by molar-refractivity contribution is 7.14. The topological polar surface area (TPSA) is 67.4 Å². The highest BCUT2D eigenvalue weighted by atomic mass is 32.1. The van der Waals surface area contributed by atoms with Gasteiger partial charge in [0.2, 0.25) is 0 Å². The second-order valence-electron chi connectivity index (χ2n) is 6.98. The Morgan fingerprint density at radius 3 is 2.14 bits per heavy atom. The molecule has 3 aromatic rings. The monoisotopic (exact) mass is 406 g/mol. The zero-order chi connectivity index (χ0) is 20.2. The van der Waals surface area contributed by atoms with Crippen LogP contribution in [0.5, 0.6) is 5.75 Å². The first kappa shape index (κ1) is 19.2. The van der Waals surface area contributed by atoms with Gasteiger partial charge in [0.25, 0.3) is 11.8 Å². The molecular formula is C23H22N2O3S. The summed E-state index contributed by atoms with van der Waals surface area (Å²) >= 11 is 1.59. The largest absolute Gasteiger partial charge is 0.497 e. The SMILES string of the molecule is COc1ccc(NC(=O)c2ccc(NC(=O)c3cc4c(s3)CCCC4)cc2)cc1. The summed E-state index contributed by atoms with van der Waals surface area (Å²) in [6.45, 7) is 0. The first-order valence-electron chi connectivity index (χ1n) is 9.61. The van der Waals surface area contributed by atoms with E-state index in [1.807, 2.05) is 6.07 Å². The Bertz CT molecular complexity index is 1000. The minimum Gasteiger partial charge on any atom is -0.497 e. The number of rotatable bonds is 5. The number of fused-ring (bicyclic) bond motifs is 1. The number of hydrogen-bond acceptors (Lipinski definition) is 4. The van der Waals surface area contributed by atoms with Crippen molar-refractivity contribution in [3.63, 3.8) is 0 Å². The van der Waals surface area contributed by atoms with E-state index in [2.05, 4.69) is 10.6 Å². The van der Waals surface area contributed by atoms with Crippen LogP contribution in [0.2, 0.25) is 0 Å². The van der Waals surface area contributed by atoms with E-state index in [1.165, 1.54) is 23.3 Å².